The Bertz CT molecular complexity index is 1210. The van der Waals surface area contributed by atoms with E-state index in [1.165, 1.54) is 4.90 Å². The molecule has 0 aliphatic heterocycles. The predicted molar refractivity (Wildman–Crippen MR) is 183 cm³/mol. The van der Waals surface area contributed by atoms with Crippen molar-refractivity contribution in [3.8, 4) is 11.5 Å². The summed E-state index contributed by atoms with van der Waals surface area (Å²) in [5.41, 5.74) is 3.57. The summed E-state index contributed by atoms with van der Waals surface area (Å²) in [7, 11) is 0. The second-order valence-electron chi connectivity index (χ2n) is 15.9. The van der Waals surface area contributed by atoms with E-state index in [9.17, 15) is 15.2 Å². The second kappa shape index (κ2) is 13.5. The van der Waals surface area contributed by atoms with Crippen molar-refractivity contribution in [3.63, 3.8) is 0 Å². The molecule has 43 heavy (non-hydrogen) atoms. The minimum absolute atomic E-state index is 0.0759. The summed E-state index contributed by atoms with van der Waals surface area (Å²) in [6, 6.07) is 8.86. The zero-order chi connectivity index (χ0) is 33.2. The average molecular weight is 634 g/mol. The van der Waals surface area contributed by atoms with Crippen LogP contribution in [0.5, 0.6) is 11.5 Å². The number of phenols is 1. The quantitative estimate of drug-likeness (QED) is 0.0866. The van der Waals surface area contributed by atoms with Gasteiger partial charge in [-0.2, -0.15) is 0 Å². The van der Waals surface area contributed by atoms with Crippen LogP contribution in [0.4, 0.5) is 0 Å². The maximum Gasteiger partial charge on any atom is 0.294 e. The first-order valence-electron chi connectivity index (χ1n) is 15.2. The van der Waals surface area contributed by atoms with E-state index in [1.54, 1.807) is 0 Å². The lowest BCUT2D eigenvalue weighted by molar-refractivity contribution is -0.757. The van der Waals surface area contributed by atoms with E-state index in [0.29, 0.717) is 25.2 Å². The predicted octanol–water partition coefficient (Wildman–Crippen LogP) is 10.6. The lowest BCUT2D eigenvalue weighted by Crippen LogP contribution is -2.21. The number of unbranched alkanes of at least 4 members (excludes halogenated alkanes) is 1. The highest BCUT2D eigenvalue weighted by atomic mass is 32.2. The first kappa shape index (κ1) is 37.1. The van der Waals surface area contributed by atoms with Gasteiger partial charge in [0.1, 0.15) is 11.5 Å². The van der Waals surface area contributed by atoms with Gasteiger partial charge in [0, 0.05) is 32.0 Å². The molecule has 0 unspecified atom stereocenters. The maximum absolute atomic E-state index is 11.2. The number of aromatic hydroxyl groups is 1. The largest absolute Gasteiger partial charge is 0.507 e. The molecule has 0 heterocycles. The Hall–Kier alpha value is -2.06. The normalized spacial score (nSPS) is 13.3. The number of hydrogen-bond donors (Lipinski definition) is 1. The summed E-state index contributed by atoms with van der Waals surface area (Å²) in [5, 5.41) is 20.9. The van der Waals surface area contributed by atoms with E-state index >= 15 is 0 Å². The maximum atomic E-state index is 11.2. The molecule has 0 fully saturated rings. The molecule has 8 heteroatoms. The number of thioether (sulfide) groups is 2. The molecule has 242 valence electrons. The zero-order valence-corrected chi connectivity index (χ0v) is 30.6. The van der Waals surface area contributed by atoms with Gasteiger partial charge in [0.05, 0.1) is 17.3 Å². The Labute approximate surface area is 269 Å². The molecular formula is C35H55NO5S2. The Morgan fingerprint density at radius 1 is 0.651 bits per heavy atom. The van der Waals surface area contributed by atoms with Gasteiger partial charge in [0.15, 0.2) is 0 Å². The van der Waals surface area contributed by atoms with Crippen LogP contribution in [-0.2, 0) is 26.5 Å². The van der Waals surface area contributed by atoms with Gasteiger partial charge in [-0.15, -0.1) is 33.6 Å². The number of benzene rings is 2. The molecule has 1 N–H and O–H groups in total. The Morgan fingerprint density at radius 2 is 1.00 bits per heavy atom. The molecule has 0 saturated heterocycles. The van der Waals surface area contributed by atoms with Gasteiger partial charge >= 0.3 is 0 Å². The average Bonchev–Trinajstić information content (AvgIpc) is 2.79. The molecule has 0 amide bonds. The summed E-state index contributed by atoms with van der Waals surface area (Å²) >= 11 is 3.67. The van der Waals surface area contributed by atoms with Crippen LogP contribution in [0.1, 0.15) is 132 Å². The van der Waals surface area contributed by atoms with E-state index in [0.717, 1.165) is 32.9 Å². The van der Waals surface area contributed by atoms with Crippen LogP contribution in [0.2, 0.25) is 0 Å². The van der Waals surface area contributed by atoms with Crippen LogP contribution in [-0.4, -0.2) is 27.5 Å². The highest BCUT2D eigenvalue weighted by Crippen LogP contribution is 2.51. The van der Waals surface area contributed by atoms with Gasteiger partial charge in [0.25, 0.3) is 5.09 Å². The summed E-state index contributed by atoms with van der Waals surface area (Å²) in [6.07, 6.45) is 1.22. The molecule has 6 nitrogen and oxygen atoms in total. The minimum Gasteiger partial charge on any atom is -0.507 e. The third kappa shape index (κ3) is 10.8. The zero-order valence-electron chi connectivity index (χ0n) is 29.0. The van der Waals surface area contributed by atoms with Crippen molar-refractivity contribution >= 4 is 23.5 Å². The molecule has 2 rings (SSSR count). The summed E-state index contributed by atoms with van der Waals surface area (Å²) in [6.45, 7) is 31.2. The van der Waals surface area contributed by atoms with E-state index in [2.05, 4.69) is 126 Å². The third-order valence-electron chi connectivity index (χ3n) is 7.09. The fraction of sp³-hybridized carbons (Fsp3) is 0.657. The summed E-state index contributed by atoms with van der Waals surface area (Å²) in [4.78, 5) is 17.3. The van der Waals surface area contributed by atoms with E-state index in [1.807, 2.05) is 23.5 Å². The van der Waals surface area contributed by atoms with Crippen molar-refractivity contribution in [1.29, 1.82) is 0 Å². The number of ether oxygens (including phenoxy) is 1. The van der Waals surface area contributed by atoms with Crippen LogP contribution >= 0.6 is 23.5 Å². The van der Waals surface area contributed by atoms with Gasteiger partial charge in [-0.25, -0.2) is 0 Å². The molecule has 0 atom stereocenters. The minimum atomic E-state index is -0.749. The second-order valence-corrected chi connectivity index (χ2v) is 19.6. The van der Waals surface area contributed by atoms with Crippen LogP contribution in [0.3, 0.4) is 0 Å². The molecule has 0 aliphatic carbocycles. The standard InChI is InChI=1S/C35H55NO5S2/c1-31(2,3)25-19-23(20-26(29(25)37)32(4,5)6)42-35(13,14)43-24-21-27(33(7,8)9)30(28(22-24)34(10,11)12)40-17-15-16-18-41-36(38)39/h19-22,37H,15-18H2,1-14H3. The van der Waals surface area contributed by atoms with Crippen LogP contribution < -0.4 is 4.74 Å². The SMILES string of the molecule is CC(C)(Sc1cc(C(C)(C)C)c(O)c(C(C)(C)C)c1)Sc1cc(C(C)(C)C)c(OCCCCO[N+](=O)[O-])c(C(C)(C)C)c1. The van der Waals surface area contributed by atoms with Crippen molar-refractivity contribution < 1.29 is 19.8 Å². The van der Waals surface area contributed by atoms with E-state index < -0.39 is 5.09 Å². The smallest absolute Gasteiger partial charge is 0.294 e. The van der Waals surface area contributed by atoms with Gasteiger partial charge in [0.2, 0.25) is 0 Å². The first-order chi connectivity index (χ1) is 19.3. The fourth-order valence-corrected chi connectivity index (χ4v) is 7.43. The van der Waals surface area contributed by atoms with Gasteiger partial charge in [-0.1, -0.05) is 83.1 Å². The van der Waals surface area contributed by atoms with Crippen molar-refractivity contribution in [2.45, 2.75) is 145 Å². The van der Waals surface area contributed by atoms with Crippen molar-refractivity contribution in [2.75, 3.05) is 13.2 Å². The molecule has 0 bridgehead atoms. The molecule has 0 spiro atoms. The highest BCUT2D eigenvalue weighted by molar-refractivity contribution is 8.18. The highest BCUT2D eigenvalue weighted by Gasteiger charge is 2.32. The molecular weight excluding hydrogens is 579 g/mol. The number of hydrogen-bond acceptors (Lipinski definition) is 7. The molecule has 2 aromatic rings. The van der Waals surface area contributed by atoms with Crippen LogP contribution in [0.25, 0.3) is 0 Å². The van der Waals surface area contributed by atoms with Gasteiger partial charge in [-0.3, -0.25) is 0 Å². The lowest BCUT2D eigenvalue weighted by Gasteiger charge is -2.32. The lowest BCUT2D eigenvalue weighted by atomic mass is 9.79. The van der Waals surface area contributed by atoms with Gasteiger partial charge < -0.3 is 14.7 Å². The monoisotopic (exact) mass is 633 g/mol. The van der Waals surface area contributed by atoms with Crippen molar-refractivity contribution in [2.24, 2.45) is 0 Å². The fourth-order valence-electron chi connectivity index (χ4n) is 4.85. The number of rotatable bonds is 11. The molecule has 0 aliphatic rings. The molecule has 0 radical (unpaired) electrons. The van der Waals surface area contributed by atoms with Gasteiger partial charge in [-0.05, 0) is 72.6 Å². The molecule has 0 saturated carbocycles. The summed E-state index contributed by atoms with van der Waals surface area (Å²) < 4.78 is 6.24. The Kier molecular flexibility index (Phi) is 11.7. The molecule has 0 aromatic heterocycles. The first-order valence-corrected chi connectivity index (χ1v) is 16.8. The number of phenolic OH excluding ortho intramolecular Hbond substituents is 1. The topological polar surface area (TPSA) is 81.8 Å². The third-order valence-corrected chi connectivity index (χ3v) is 9.51. The van der Waals surface area contributed by atoms with Crippen LogP contribution in [0.15, 0.2) is 34.1 Å². The summed E-state index contributed by atoms with van der Waals surface area (Å²) in [5.74, 6) is 1.31. The molecule has 2 aromatic carbocycles. The number of nitrogens with zero attached hydrogens (tertiary/aromatic N) is 1. The Morgan fingerprint density at radius 3 is 1.35 bits per heavy atom. The Balaban J connectivity index is 2.49. The van der Waals surface area contributed by atoms with Crippen molar-refractivity contribution in [3.05, 3.63) is 56.6 Å². The van der Waals surface area contributed by atoms with E-state index in [4.69, 9.17) is 4.74 Å². The van der Waals surface area contributed by atoms with E-state index in [-0.39, 0.29) is 32.3 Å². The van der Waals surface area contributed by atoms with Crippen LogP contribution in [0, 0.1) is 10.1 Å². The van der Waals surface area contributed by atoms with Crippen molar-refractivity contribution in [1.82, 2.24) is 0 Å².